The fourth-order valence-corrected chi connectivity index (χ4v) is 2.95. The molecule has 0 spiro atoms. The second-order valence-electron chi connectivity index (χ2n) is 4.73. The van der Waals surface area contributed by atoms with E-state index in [1.807, 2.05) is 25.1 Å². The van der Waals surface area contributed by atoms with E-state index in [9.17, 15) is 4.79 Å². The summed E-state index contributed by atoms with van der Waals surface area (Å²) in [5.74, 6) is 0.635. The van der Waals surface area contributed by atoms with Gasteiger partial charge in [0, 0.05) is 5.56 Å². The highest BCUT2D eigenvalue weighted by Gasteiger charge is 2.26. The minimum atomic E-state index is 0.0741. The molecule has 1 aromatic heterocycles. The van der Waals surface area contributed by atoms with Gasteiger partial charge in [-0.25, -0.2) is 0 Å². The van der Waals surface area contributed by atoms with Gasteiger partial charge in [-0.2, -0.15) is 0 Å². The number of rotatable bonds is 3. The van der Waals surface area contributed by atoms with Gasteiger partial charge in [-0.15, -0.1) is 5.10 Å². The van der Waals surface area contributed by atoms with Crippen molar-refractivity contribution < 1.29 is 4.79 Å². The lowest BCUT2D eigenvalue weighted by Gasteiger charge is -2.27. The zero-order chi connectivity index (χ0) is 12.5. The molecule has 0 amide bonds. The summed E-state index contributed by atoms with van der Waals surface area (Å²) in [5, 5.41) is 3.92. The molecule has 0 bridgehead atoms. The van der Waals surface area contributed by atoms with Crippen molar-refractivity contribution in [1.29, 1.82) is 0 Å². The van der Waals surface area contributed by atoms with Gasteiger partial charge >= 0.3 is 0 Å². The zero-order valence-corrected chi connectivity index (χ0v) is 11.0. The molecule has 1 aliphatic carbocycles. The van der Waals surface area contributed by atoms with Gasteiger partial charge in [-0.3, -0.25) is 4.79 Å². The minimum absolute atomic E-state index is 0.0741. The van der Waals surface area contributed by atoms with Gasteiger partial charge in [-0.1, -0.05) is 35.2 Å². The molecule has 1 fully saturated rings. The molecule has 92 valence electrons. The van der Waals surface area contributed by atoms with Crippen LogP contribution in [-0.4, -0.2) is 15.4 Å². The number of nitrogens with zero attached hydrogens (tertiary/aromatic N) is 2. The molecule has 3 nitrogen and oxygen atoms in total. The van der Waals surface area contributed by atoms with Gasteiger partial charge in [0.2, 0.25) is 5.78 Å². The van der Waals surface area contributed by atoms with Crippen LogP contribution < -0.4 is 0 Å². The number of ketones is 1. The van der Waals surface area contributed by atoms with Crippen LogP contribution >= 0.6 is 11.5 Å². The molecule has 0 N–H and O–H groups in total. The summed E-state index contributed by atoms with van der Waals surface area (Å²) in [6.45, 7) is 1.84. The van der Waals surface area contributed by atoms with Crippen LogP contribution in [0.5, 0.6) is 0 Å². The van der Waals surface area contributed by atoms with E-state index in [4.69, 9.17) is 0 Å². The van der Waals surface area contributed by atoms with Gasteiger partial charge in [0.1, 0.15) is 4.88 Å². The van der Waals surface area contributed by atoms with E-state index >= 15 is 0 Å². The Morgan fingerprint density at radius 2 is 2.11 bits per heavy atom. The maximum atomic E-state index is 12.5. The van der Waals surface area contributed by atoms with Gasteiger partial charge in [-0.05, 0) is 42.8 Å². The van der Waals surface area contributed by atoms with Gasteiger partial charge in [0.15, 0.2) is 0 Å². The molecule has 0 aliphatic heterocycles. The summed E-state index contributed by atoms with van der Waals surface area (Å²) in [5.41, 5.74) is 2.76. The predicted molar refractivity (Wildman–Crippen MR) is 71.1 cm³/mol. The standard InChI is InChI=1S/C14H14N2OS/c1-9-14(18-16-15-9)13(17)12-8-3-2-7-11(12)10-5-4-6-10/h2-3,7-8,10H,4-6H2,1H3. The predicted octanol–water partition coefficient (Wildman–Crippen LogP) is 3.35. The van der Waals surface area contributed by atoms with Crippen molar-refractivity contribution in [1.82, 2.24) is 9.59 Å². The van der Waals surface area contributed by atoms with Crippen LogP contribution in [0.3, 0.4) is 0 Å². The number of hydrogen-bond donors (Lipinski definition) is 0. The molecule has 3 rings (SSSR count). The Labute approximate surface area is 110 Å². The maximum Gasteiger partial charge on any atom is 0.206 e. The quantitative estimate of drug-likeness (QED) is 0.793. The fourth-order valence-electron chi connectivity index (χ4n) is 2.34. The van der Waals surface area contributed by atoms with Crippen LogP contribution in [0.4, 0.5) is 0 Å². The third-order valence-electron chi connectivity index (χ3n) is 3.61. The molecule has 1 heterocycles. The van der Waals surface area contributed by atoms with Crippen LogP contribution in [0.25, 0.3) is 0 Å². The number of aryl methyl sites for hydroxylation is 1. The Kier molecular flexibility index (Phi) is 2.96. The highest BCUT2D eigenvalue weighted by molar-refractivity contribution is 7.08. The summed E-state index contributed by atoms with van der Waals surface area (Å²) in [6.07, 6.45) is 3.67. The van der Waals surface area contributed by atoms with E-state index in [1.54, 1.807) is 0 Å². The van der Waals surface area contributed by atoms with Crippen molar-refractivity contribution in [3.63, 3.8) is 0 Å². The smallest absolute Gasteiger partial charge is 0.206 e. The van der Waals surface area contributed by atoms with E-state index in [0.717, 1.165) is 11.3 Å². The molecule has 0 saturated heterocycles. The first kappa shape index (κ1) is 11.5. The van der Waals surface area contributed by atoms with Crippen molar-refractivity contribution in [2.45, 2.75) is 32.1 Å². The average molecular weight is 258 g/mol. The number of carbonyl (C=O) groups is 1. The van der Waals surface area contributed by atoms with Crippen LogP contribution in [0.1, 0.15) is 51.7 Å². The second-order valence-corrected chi connectivity index (χ2v) is 5.49. The third-order valence-corrected chi connectivity index (χ3v) is 4.43. The molecule has 1 aliphatic rings. The highest BCUT2D eigenvalue weighted by Crippen LogP contribution is 2.38. The minimum Gasteiger partial charge on any atom is -0.288 e. The lowest BCUT2D eigenvalue weighted by atomic mass is 9.77. The summed E-state index contributed by atoms with van der Waals surface area (Å²) < 4.78 is 3.85. The number of carbonyl (C=O) groups excluding carboxylic acids is 1. The van der Waals surface area contributed by atoms with Crippen LogP contribution in [0, 0.1) is 6.92 Å². The van der Waals surface area contributed by atoms with E-state index in [0.29, 0.717) is 10.8 Å². The molecule has 1 saturated carbocycles. The van der Waals surface area contributed by atoms with Crippen molar-refractivity contribution in [2.24, 2.45) is 0 Å². The van der Waals surface area contributed by atoms with Crippen LogP contribution in [-0.2, 0) is 0 Å². The SMILES string of the molecule is Cc1nnsc1C(=O)c1ccccc1C1CCC1. The number of hydrogen-bond acceptors (Lipinski definition) is 4. The van der Waals surface area contributed by atoms with Crippen molar-refractivity contribution in [2.75, 3.05) is 0 Å². The Hall–Kier alpha value is -1.55. The lowest BCUT2D eigenvalue weighted by Crippen LogP contribution is -2.14. The third kappa shape index (κ3) is 1.86. The largest absolute Gasteiger partial charge is 0.288 e. The Balaban J connectivity index is 2.01. The summed E-state index contributed by atoms with van der Waals surface area (Å²) in [7, 11) is 0. The molecule has 1 aromatic carbocycles. The van der Waals surface area contributed by atoms with E-state index in [2.05, 4.69) is 15.7 Å². The van der Waals surface area contributed by atoms with E-state index < -0.39 is 0 Å². The molecule has 0 unspecified atom stereocenters. The molecule has 0 atom stereocenters. The first-order chi connectivity index (χ1) is 8.77. The highest BCUT2D eigenvalue weighted by atomic mass is 32.1. The Morgan fingerprint density at radius 1 is 1.33 bits per heavy atom. The molecule has 18 heavy (non-hydrogen) atoms. The first-order valence-electron chi connectivity index (χ1n) is 6.20. The molecule has 0 radical (unpaired) electrons. The van der Waals surface area contributed by atoms with Gasteiger partial charge in [0.25, 0.3) is 0 Å². The van der Waals surface area contributed by atoms with Gasteiger partial charge < -0.3 is 0 Å². The number of aromatic nitrogens is 2. The lowest BCUT2D eigenvalue weighted by molar-refractivity contribution is 0.104. The molecular formula is C14H14N2OS. The molecule has 2 aromatic rings. The summed E-state index contributed by atoms with van der Waals surface area (Å²) >= 11 is 1.19. The summed E-state index contributed by atoms with van der Waals surface area (Å²) in [6, 6.07) is 7.96. The molecular weight excluding hydrogens is 244 g/mol. The monoisotopic (exact) mass is 258 g/mol. The Bertz CT molecular complexity index is 587. The molecule has 4 heteroatoms. The van der Waals surface area contributed by atoms with Crippen molar-refractivity contribution in [3.8, 4) is 0 Å². The second kappa shape index (κ2) is 4.61. The van der Waals surface area contributed by atoms with Gasteiger partial charge in [0.05, 0.1) is 5.69 Å². The summed E-state index contributed by atoms with van der Waals surface area (Å²) in [4.78, 5) is 13.2. The normalized spacial score (nSPS) is 15.4. The maximum absolute atomic E-state index is 12.5. The average Bonchev–Trinajstić information content (AvgIpc) is 2.73. The van der Waals surface area contributed by atoms with E-state index in [1.165, 1.54) is 36.4 Å². The van der Waals surface area contributed by atoms with Crippen LogP contribution in [0.2, 0.25) is 0 Å². The topological polar surface area (TPSA) is 42.9 Å². The van der Waals surface area contributed by atoms with Crippen LogP contribution in [0.15, 0.2) is 24.3 Å². The first-order valence-corrected chi connectivity index (χ1v) is 6.97. The van der Waals surface area contributed by atoms with E-state index in [-0.39, 0.29) is 5.78 Å². The van der Waals surface area contributed by atoms with Crippen molar-refractivity contribution in [3.05, 3.63) is 46.0 Å². The van der Waals surface area contributed by atoms with Crippen molar-refractivity contribution >= 4 is 17.3 Å². The zero-order valence-electron chi connectivity index (χ0n) is 10.2. The number of benzene rings is 1. The fraction of sp³-hybridized carbons (Fsp3) is 0.357. The Morgan fingerprint density at radius 3 is 2.72 bits per heavy atom.